The van der Waals surface area contributed by atoms with Crippen LogP contribution in [0.4, 0.5) is 5.69 Å². The van der Waals surface area contributed by atoms with Crippen LogP contribution in [0.25, 0.3) is 10.9 Å². The third-order valence-corrected chi connectivity index (χ3v) is 5.38. The second-order valence-corrected chi connectivity index (χ2v) is 7.11. The molecule has 1 aromatic carbocycles. The Bertz CT molecular complexity index is 1020. The van der Waals surface area contributed by atoms with Crippen molar-refractivity contribution in [1.82, 2.24) is 20.3 Å². The highest BCUT2D eigenvalue weighted by Crippen LogP contribution is 2.25. The number of imide groups is 1. The smallest absolute Gasteiger partial charge is 0.306 e. The summed E-state index contributed by atoms with van der Waals surface area (Å²) in [5.41, 5.74) is 0.774. The first-order valence-corrected chi connectivity index (χ1v) is 9.15. The van der Waals surface area contributed by atoms with Crippen molar-refractivity contribution in [3.05, 3.63) is 28.6 Å². The molecule has 10 nitrogen and oxygen atoms in total. The molecule has 2 amide bonds. The van der Waals surface area contributed by atoms with Crippen molar-refractivity contribution in [3.63, 3.8) is 0 Å². The number of anilines is 1. The Hall–Kier alpha value is -3.30. The lowest BCUT2D eigenvalue weighted by molar-refractivity contribution is -0.142. The normalized spacial score (nSPS) is 21.0. The summed E-state index contributed by atoms with van der Waals surface area (Å²) in [7, 11) is 0. The number of hydrogen-bond acceptors (Lipinski definition) is 7. The van der Waals surface area contributed by atoms with Gasteiger partial charge in [0.25, 0.3) is 11.5 Å². The molecule has 2 fully saturated rings. The first-order valence-electron chi connectivity index (χ1n) is 9.15. The molecule has 0 radical (unpaired) electrons. The van der Waals surface area contributed by atoms with Gasteiger partial charge in [0.05, 0.1) is 11.3 Å². The minimum absolute atomic E-state index is 0.140. The van der Waals surface area contributed by atoms with Crippen LogP contribution in [-0.4, -0.2) is 51.0 Å². The third-order valence-electron chi connectivity index (χ3n) is 5.38. The summed E-state index contributed by atoms with van der Waals surface area (Å²) in [4.78, 5) is 49.5. The number of benzene rings is 1. The molecule has 146 valence electrons. The van der Waals surface area contributed by atoms with Gasteiger partial charge in [-0.3, -0.25) is 24.5 Å². The molecule has 0 saturated carbocycles. The summed E-state index contributed by atoms with van der Waals surface area (Å²) >= 11 is 0. The van der Waals surface area contributed by atoms with Crippen molar-refractivity contribution in [1.29, 1.82) is 0 Å². The predicted molar refractivity (Wildman–Crippen MR) is 97.8 cm³/mol. The van der Waals surface area contributed by atoms with Gasteiger partial charge in [0.15, 0.2) is 0 Å². The Morgan fingerprint density at radius 2 is 1.89 bits per heavy atom. The lowest BCUT2D eigenvalue weighted by atomic mass is 9.96. The van der Waals surface area contributed by atoms with E-state index in [9.17, 15) is 19.2 Å². The summed E-state index contributed by atoms with van der Waals surface area (Å²) in [6, 6.07) is 4.36. The van der Waals surface area contributed by atoms with Gasteiger partial charge < -0.3 is 10.0 Å². The van der Waals surface area contributed by atoms with E-state index >= 15 is 0 Å². The van der Waals surface area contributed by atoms with Crippen LogP contribution >= 0.6 is 0 Å². The maximum Gasteiger partial charge on any atom is 0.306 e. The Kier molecular flexibility index (Phi) is 4.54. The van der Waals surface area contributed by atoms with E-state index < -0.39 is 23.5 Å². The van der Waals surface area contributed by atoms with Crippen molar-refractivity contribution < 1.29 is 19.5 Å². The van der Waals surface area contributed by atoms with E-state index in [1.54, 1.807) is 12.1 Å². The van der Waals surface area contributed by atoms with Gasteiger partial charge in [-0.1, -0.05) is 5.21 Å². The minimum atomic E-state index is -0.864. The molecule has 2 aliphatic heterocycles. The number of aromatic nitrogens is 3. The molecular formula is C18H19N5O5. The maximum atomic E-state index is 12.9. The first kappa shape index (κ1) is 18.1. The van der Waals surface area contributed by atoms with E-state index in [0.717, 1.165) is 10.4 Å². The molecule has 0 aliphatic carbocycles. The highest BCUT2D eigenvalue weighted by Gasteiger charge is 2.30. The number of hydrogen-bond donors (Lipinski definition) is 2. The zero-order valence-corrected chi connectivity index (χ0v) is 15.0. The number of rotatable bonds is 3. The topological polar surface area (TPSA) is 134 Å². The van der Waals surface area contributed by atoms with E-state index in [2.05, 4.69) is 15.6 Å². The Labute approximate surface area is 159 Å². The van der Waals surface area contributed by atoms with Crippen molar-refractivity contribution in [2.45, 2.75) is 31.7 Å². The van der Waals surface area contributed by atoms with Crippen LogP contribution in [0.3, 0.4) is 0 Å². The van der Waals surface area contributed by atoms with Crippen LogP contribution in [0.1, 0.15) is 31.7 Å². The summed E-state index contributed by atoms with van der Waals surface area (Å²) in [6.07, 6.45) is 1.43. The summed E-state index contributed by atoms with van der Waals surface area (Å²) < 4.78 is 1.03. The van der Waals surface area contributed by atoms with Crippen molar-refractivity contribution in [2.24, 2.45) is 5.92 Å². The molecule has 3 heterocycles. The van der Waals surface area contributed by atoms with Crippen LogP contribution in [0.5, 0.6) is 0 Å². The molecule has 1 aromatic heterocycles. The van der Waals surface area contributed by atoms with Crippen molar-refractivity contribution in [2.75, 3.05) is 18.0 Å². The van der Waals surface area contributed by atoms with Crippen LogP contribution in [0, 0.1) is 5.92 Å². The molecule has 1 atom stereocenters. The average molecular weight is 385 g/mol. The molecule has 28 heavy (non-hydrogen) atoms. The minimum Gasteiger partial charge on any atom is -0.481 e. The molecule has 2 aromatic rings. The monoisotopic (exact) mass is 385 g/mol. The van der Waals surface area contributed by atoms with E-state index in [4.69, 9.17) is 5.11 Å². The van der Waals surface area contributed by atoms with E-state index in [0.29, 0.717) is 36.8 Å². The number of carboxylic acids is 1. The quantitative estimate of drug-likeness (QED) is 0.709. The fourth-order valence-electron chi connectivity index (χ4n) is 3.74. The Balaban J connectivity index is 1.65. The van der Waals surface area contributed by atoms with Crippen LogP contribution in [0.2, 0.25) is 0 Å². The molecule has 2 N–H and O–H groups in total. The number of carbonyl (C=O) groups excluding carboxylic acids is 2. The fourth-order valence-corrected chi connectivity index (χ4v) is 3.74. The number of fused-ring (bicyclic) bond motifs is 1. The lowest BCUT2D eigenvalue weighted by Gasteiger charge is -2.32. The zero-order valence-electron chi connectivity index (χ0n) is 15.0. The molecule has 2 saturated heterocycles. The first-order chi connectivity index (χ1) is 13.4. The highest BCUT2D eigenvalue weighted by atomic mass is 16.4. The second-order valence-electron chi connectivity index (χ2n) is 7.11. The molecule has 0 spiro atoms. The van der Waals surface area contributed by atoms with Gasteiger partial charge in [0.1, 0.15) is 11.6 Å². The van der Waals surface area contributed by atoms with Crippen LogP contribution in [0.15, 0.2) is 23.0 Å². The number of carbonyl (C=O) groups is 3. The van der Waals surface area contributed by atoms with Crippen molar-refractivity contribution in [3.8, 4) is 0 Å². The van der Waals surface area contributed by atoms with Crippen LogP contribution < -0.4 is 15.8 Å². The lowest BCUT2D eigenvalue weighted by Crippen LogP contribution is -2.45. The predicted octanol–water partition coefficient (Wildman–Crippen LogP) is 0.0702. The van der Waals surface area contributed by atoms with E-state index in [1.807, 2.05) is 11.0 Å². The third kappa shape index (κ3) is 3.21. The fraction of sp³-hybridized carbons (Fsp3) is 0.444. The highest BCUT2D eigenvalue weighted by molar-refractivity contribution is 5.99. The van der Waals surface area contributed by atoms with Gasteiger partial charge in [-0.25, -0.2) is 0 Å². The molecule has 0 bridgehead atoms. The molecule has 2 aliphatic rings. The number of nitrogens with one attached hydrogen (secondary N) is 1. The Morgan fingerprint density at radius 1 is 1.14 bits per heavy atom. The van der Waals surface area contributed by atoms with E-state index in [1.165, 1.54) is 0 Å². The van der Waals surface area contributed by atoms with E-state index in [-0.39, 0.29) is 24.7 Å². The van der Waals surface area contributed by atoms with Crippen molar-refractivity contribution >= 4 is 34.4 Å². The largest absolute Gasteiger partial charge is 0.481 e. The number of piperidine rings is 2. The molecule has 1 unspecified atom stereocenters. The summed E-state index contributed by atoms with van der Waals surface area (Å²) in [6.45, 7) is 1.17. The van der Waals surface area contributed by atoms with Gasteiger partial charge >= 0.3 is 5.97 Å². The summed E-state index contributed by atoms with van der Waals surface area (Å²) in [5.74, 6) is -2.04. The molecular weight excluding hydrogens is 366 g/mol. The summed E-state index contributed by atoms with van der Waals surface area (Å²) in [5, 5.41) is 19.6. The van der Waals surface area contributed by atoms with Gasteiger partial charge in [0, 0.05) is 25.2 Å². The number of amides is 2. The van der Waals surface area contributed by atoms with Gasteiger partial charge in [-0.05, 0) is 37.5 Å². The second kappa shape index (κ2) is 7.02. The molecule has 10 heteroatoms. The SMILES string of the molecule is O=C1CCC(n2nnc3ccc(N4CCC(C(=O)O)CC4)cc3c2=O)C(=O)N1. The number of aliphatic carboxylic acids is 1. The average Bonchev–Trinajstić information content (AvgIpc) is 2.69. The Morgan fingerprint density at radius 3 is 2.57 bits per heavy atom. The standard InChI is InChI=1S/C18H19N5O5/c24-15-4-3-14(16(25)19-15)23-17(26)12-9-11(1-2-13(12)20-21-23)22-7-5-10(6-8-22)18(27)28/h1-2,9-10,14H,3-8H2,(H,27,28)(H,19,24,25). The van der Waals surface area contributed by atoms with Gasteiger partial charge in [-0.2, -0.15) is 4.68 Å². The number of carboxylic acid groups (broad SMARTS) is 1. The maximum absolute atomic E-state index is 12.9. The van der Waals surface area contributed by atoms with Gasteiger partial charge in [0.2, 0.25) is 5.91 Å². The number of nitrogens with zero attached hydrogens (tertiary/aromatic N) is 4. The van der Waals surface area contributed by atoms with Gasteiger partial charge in [-0.15, -0.1) is 5.10 Å². The molecule has 4 rings (SSSR count). The zero-order chi connectivity index (χ0) is 19.8. The van der Waals surface area contributed by atoms with Crippen LogP contribution in [-0.2, 0) is 14.4 Å².